The van der Waals surface area contributed by atoms with Crippen molar-refractivity contribution in [1.82, 2.24) is 4.90 Å². The van der Waals surface area contributed by atoms with Gasteiger partial charge in [-0.1, -0.05) is 0 Å². The minimum atomic E-state index is -0.607. The van der Waals surface area contributed by atoms with E-state index in [9.17, 15) is 4.79 Å². The Hall–Kier alpha value is -0.810. The van der Waals surface area contributed by atoms with Crippen LogP contribution in [-0.4, -0.2) is 49.7 Å². The minimum absolute atomic E-state index is 0.144. The number of morpholine rings is 1. The average Bonchev–Trinajstić information content (AvgIpc) is 2.17. The van der Waals surface area contributed by atoms with Crippen molar-refractivity contribution in [2.24, 2.45) is 0 Å². The summed E-state index contributed by atoms with van der Waals surface area (Å²) < 4.78 is 15.2. The van der Waals surface area contributed by atoms with Gasteiger partial charge in [0.25, 0.3) is 0 Å². The van der Waals surface area contributed by atoms with Gasteiger partial charge in [-0.3, -0.25) is 4.90 Å². The molecule has 1 saturated heterocycles. The van der Waals surface area contributed by atoms with Crippen molar-refractivity contribution in [3.05, 3.63) is 0 Å². The van der Waals surface area contributed by atoms with Gasteiger partial charge < -0.3 is 14.2 Å². The summed E-state index contributed by atoms with van der Waals surface area (Å²) in [5.41, 5.74) is 0. The Balaban J connectivity index is 2.27. The van der Waals surface area contributed by atoms with Crippen LogP contribution in [0.3, 0.4) is 0 Å². The molecule has 0 aliphatic carbocycles. The highest BCUT2D eigenvalue weighted by Crippen LogP contribution is 2.06. The molecule has 0 radical (unpaired) electrons. The van der Waals surface area contributed by atoms with Gasteiger partial charge in [-0.05, 0) is 20.8 Å². The van der Waals surface area contributed by atoms with E-state index >= 15 is 0 Å². The number of carbonyl (C=O) groups is 1. The zero-order valence-corrected chi connectivity index (χ0v) is 9.56. The van der Waals surface area contributed by atoms with Crippen LogP contribution in [0.25, 0.3) is 0 Å². The molecule has 1 unspecified atom stereocenters. The summed E-state index contributed by atoms with van der Waals surface area (Å²) in [6, 6.07) is 0. The number of carbonyl (C=O) groups excluding carboxylic acids is 1. The molecule has 5 heteroatoms. The van der Waals surface area contributed by atoms with Gasteiger partial charge >= 0.3 is 6.16 Å². The molecular weight excluding hydrogens is 198 g/mol. The standard InChI is InChI=1S/C10H19NO4/c1-8(2)14-10(12)15-9(3)11-4-6-13-7-5-11/h8-9H,4-7H2,1-3H3. The van der Waals surface area contributed by atoms with Crippen molar-refractivity contribution in [2.45, 2.75) is 33.1 Å². The summed E-state index contributed by atoms with van der Waals surface area (Å²) in [6.07, 6.45) is -1.00. The van der Waals surface area contributed by atoms with Gasteiger partial charge in [-0.15, -0.1) is 0 Å². The van der Waals surface area contributed by atoms with Gasteiger partial charge in [0.15, 0.2) is 6.23 Å². The fraction of sp³-hybridized carbons (Fsp3) is 0.900. The highest BCUT2D eigenvalue weighted by Gasteiger charge is 2.21. The summed E-state index contributed by atoms with van der Waals surface area (Å²) in [5, 5.41) is 0. The molecule has 5 nitrogen and oxygen atoms in total. The van der Waals surface area contributed by atoms with Crippen molar-refractivity contribution in [3.63, 3.8) is 0 Å². The number of hydrogen-bond donors (Lipinski definition) is 0. The monoisotopic (exact) mass is 217 g/mol. The zero-order valence-electron chi connectivity index (χ0n) is 9.56. The van der Waals surface area contributed by atoms with Crippen molar-refractivity contribution in [2.75, 3.05) is 26.3 Å². The van der Waals surface area contributed by atoms with E-state index in [-0.39, 0.29) is 12.3 Å². The molecule has 88 valence electrons. The maximum absolute atomic E-state index is 11.2. The SMILES string of the molecule is CC(C)OC(=O)OC(C)N1CCOCC1. The minimum Gasteiger partial charge on any atom is -0.432 e. The van der Waals surface area contributed by atoms with Crippen molar-refractivity contribution < 1.29 is 19.0 Å². The number of ether oxygens (including phenoxy) is 3. The maximum atomic E-state index is 11.2. The van der Waals surface area contributed by atoms with Gasteiger partial charge in [0.1, 0.15) is 0 Å². The first-order chi connectivity index (χ1) is 7.09. The topological polar surface area (TPSA) is 48.0 Å². The molecule has 0 spiro atoms. The first-order valence-corrected chi connectivity index (χ1v) is 5.28. The van der Waals surface area contributed by atoms with E-state index in [1.807, 2.05) is 11.8 Å². The van der Waals surface area contributed by atoms with Crippen LogP contribution in [0.2, 0.25) is 0 Å². The van der Waals surface area contributed by atoms with Crippen LogP contribution in [0.15, 0.2) is 0 Å². The van der Waals surface area contributed by atoms with Crippen molar-refractivity contribution in [1.29, 1.82) is 0 Å². The number of nitrogens with zero attached hydrogens (tertiary/aromatic N) is 1. The van der Waals surface area contributed by atoms with Crippen LogP contribution in [0, 0.1) is 0 Å². The van der Waals surface area contributed by atoms with Crippen LogP contribution in [0.5, 0.6) is 0 Å². The van der Waals surface area contributed by atoms with Crippen LogP contribution < -0.4 is 0 Å². The van der Waals surface area contributed by atoms with E-state index in [0.717, 1.165) is 13.1 Å². The van der Waals surface area contributed by atoms with E-state index in [4.69, 9.17) is 14.2 Å². The van der Waals surface area contributed by atoms with Gasteiger partial charge in [0, 0.05) is 13.1 Å². The Morgan fingerprint density at radius 3 is 2.33 bits per heavy atom. The predicted molar refractivity (Wildman–Crippen MR) is 54.6 cm³/mol. The normalized spacial score (nSPS) is 20.0. The lowest BCUT2D eigenvalue weighted by Crippen LogP contribution is -2.44. The molecule has 0 bridgehead atoms. The fourth-order valence-electron chi connectivity index (χ4n) is 1.38. The first-order valence-electron chi connectivity index (χ1n) is 5.28. The van der Waals surface area contributed by atoms with Crippen LogP contribution in [0.1, 0.15) is 20.8 Å². The molecule has 0 amide bonds. The Morgan fingerprint density at radius 1 is 1.20 bits per heavy atom. The Morgan fingerprint density at radius 2 is 1.80 bits per heavy atom. The Labute approximate surface area is 90.3 Å². The Bertz CT molecular complexity index is 202. The van der Waals surface area contributed by atoms with Gasteiger partial charge in [-0.2, -0.15) is 0 Å². The second-order valence-corrected chi connectivity index (χ2v) is 3.78. The highest BCUT2D eigenvalue weighted by molar-refractivity contribution is 5.60. The molecule has 0 saturated carbocycles. The molecule has 0 aromatic heterocycles. The molecule has 1 rings (SSSR count). The maximum Gasteiger partial charge on any atom is 0.510 e. The van der Waals surface area contributed by atoms with E-state index in [0.29, 0.717) is 13.2 Å². The fourth-order valence-corrected chi connectivity index (χ4v) is 1.38. The van der Waals surface area contributed by atoms with E-state index in [1.165, 1.54) is 0 Å². The van der Waals surface area contributed by atoms with Crippen molar-refractivity contribution in [3.8, 4) is 0 Å². The summed E-state index contributed by atoms with van der Waals surface area (Å²) in [5.74, 6) is 0. The lowest BCUT2D eigenvalue weighted by molar-refractivity contribution is -0.0789. The van der Waals surface area contributed by atoms with Crippen LogP contribution in [0.4, 0.5) is 4.79 Å². The van der Waals surface area contributed by atoms with E-state index in [2.05, 4.69) is 0 Å². The van der Waals surface area contributed by atoms with Gasteiger partial charge in [0.2, 0.25) is 0 Å². The average molecular weight is 217 g/mol. The largest absolute Gasteiger partial charge is 0.510 e. The zero-order chi connectivity index (χ0) is 11.3. The summed E-state index contributed by atoms with van der Waals surface area (Å²) in [7, 11) is 0. The third kappa shape index (κ3) is 4.48. The summed E-state index contributed by atoms with van der Waals surface area (Å²) in [6.45, 7) is 8.38. The first kappa shape index (κ1) is 12.3. The van der Waals surface area contributed by atoms with E-state index < -0.39 is 6.16 Å². The second kappa shape index (κ2) is 5.92. The van der Waals surface area contributed by atoms with Crippen LogP contribution in [-0.2, 0) is 14.2 Å². The number of rotatable bonds is 3. The predicted octanol–water partition coefficient (Wildman–Crippen LogP) is 1.23. The summed E-state index contributed by atoms with van der Waals surface area (Å²) >= 11 is 0. The lowest BCUT2D eigenvalue weighted by Gasteiger charge is -2.31. The van der Waals surface area contributed by atoms with E-state index in [1.54, 1.807) is 13.8 Å². The third-order valence-electron chi connectivity index (χ3n) is 2.16. The lowest BCUT2D eigenvalue weighted by atomic mass is 10.4. The molecule has 15 heavy (non-hydrogen) atoms. The van der Waals surface area contributed by atoms with Crippen molar-refractivity contribution >= 4 is 6.16 Å². The quantitative estimate of drug-likeness (QED) is 0.665. The molecule has 1 aliphatic rings. The van der Waals surface area contributed by atoms with Gasteiger partial charge in [-0.25, -0.2) is 4.79 Å². The second-order valence-electron chi connectivity index (χ2n) is 3.78. The van der Waals surface area contributed by atoms with Gasteiger partial charge in [0.05, 0.1) is 19.3 Å². The smallest absolute Gasteiger partial charge is 0.432 e. The molecular formula is C10H19NO4. The molecule has 1 fully saturated rings. The molecule has 0 aromatic carbocycles. The Kier molecular flexibility index (Phi) is 4.84. The summed E-state index contributed by atoms with van der Waals surface area (Å²) in [4.78, 5) is 13.3. The molecule has 1 heterocycles. The van der Waals surface area contributed by atoms with Crippen LogP contribution >= 0.6 is 0 Å². The molecule has 1 atom stereocenters. The molecule has 1 aliphatic heterocycles. The highest BCUT2D eigenvalue weighted by atomic mass is 16.7. The molecule has 0 N–H and O–H groups in total. The molecule has 0 aromatic rings. The third-order valence-corrected chi connectivity index (χ3v) is 2.16. The number of hydrogen-bond acceptors (Lipinski definition) is 5.